The zero-order chi connectivity index (χ0) is 24.7. The second-order valence-electron chi connectivity index (χ2n) is 9.17. The van der Waals surface area contributed by atoms with E-state index < -0.39 is 5.97 Å². The summed E-state index contributed by atoms with van der Waals surface area (Å²) in [5.74, 6) is -0.595. The van der Waals surface area contributed by atoms with Crippen LogP contribution in [0.15, 0.2) is 54.6 Å². The molecule has 0 radical (unpaired) electrons. The van der Waals surface area contributed by atoms with Crippen molar-refractivity contribution in [3.05, 3.63) is 87.7 Å². The Kier molecular flexibility index (Phi) is 6.24. The van der Waals surface area contributed by atoms with Crippen LogP contribution >= 0.6 is 11.6 Å². The van der Waals surface area contributed by atoms with Gasteiger partial charge in [0.05, 0.1) is 13.5 Å². The normalized spacial score (nSPS) is 18.7. The average Bonchev–Trinajstić information content (AvgIpc) is 3.64. The van der Waals surface area contributed by atoms with Gasteiger partial charge in [0.15, 0.2) is 0 Å². The molecule has 0 aromatic heterocycles. The molecule has 0 unspecified atom stereocenters. The molecule has 0 bridgehead atoms. The zero-order valence-corrected chi connectivity index (χ0v) is 20.0. The molecule has 0 spiro atoms. The Morgan fingerprint density at radius 2 is 1.94 bits per heavy atom. The number of fused-ring (bicyclic) bond motifs is 1. The summed E-state index contributed by atoms with van der Waals surface area (Å²) in [6, 6.07) is 15.6. The molecule has 180 valence electrons. The van der Waals surface area contributed by atoms with Crippen LogP contribution < -0.4 is 4.74 Å². The van der Waals surface area contributed by atoms with E-state index in [0.717, 1.165) is 34.2 Å². The monoisotopic (exact) mass is 493 g/mol. The Morgan fingerprint density at radius 1 is 1.11 bits per heavy atom. The summed E-state index contributed by atoms with van der Waals surface area (Å²) in [5, 5.41) is 9.90. The fourth-order valence-electron chi connectivity index (χ4n) is 5.13. The number of methoxy groups -OCH3 is 1. The van der Waals surface area contributed by atoms with Crippen LogP contribution in [0, 0.1) is 11.7 Å². The van der Waals surface area contributed by atoms with Gasteiger partial charge in [-0.3, -0.25) is 9.59 Å². The largest absolute Gasteiger partial charge is 0.496 e. The fourth-order valence-corrected chi connectivity index (χ4v) is 5.40. The first-order valence-electron chi connectivity index (χ1n) is 11.6. The van der Waals surface area contributed by atoms with Crippen molar-refractivity contribution in [2.75, 3.05) is 13.7 Å². The smallest absolute Gasteiger partial charge is 0.307 e. The van der Waals surface area contributed by atoms with Gasteiger partial charge in [-0.1, -0.05) is 35.9 Å². The van der Waals surface area contributed by atoms with Crippen LogP contribution in [-0.2, 0) is 29.0 Å². The van der Waals surface area contributed by atoms with Crippen LogP contribution in [0.25, 0.3) is 11.1 Å². The van der Waals surface area contributed by atoms with E-state index in [1.807, 2.05) is 29.2 Å². The molecule has 1 amide bonds. The van der Waals surface area contributed by atoms with Gasteiger partial charge in [0, 0.05) is 29.6 Å². The molecule has 1 N–H and O–H groups in total. The number of hydrogen-bond donors (Lipinski definition) is 1. The van der Waals surface area contributed by atoms with Crippen LogP contribution in [0.4, 0.5) is 4.39 Å². The van der Waals surface area contributed by atoms with Crippen LogP contribution in [0.3, 0.4) is 0 Å². The standard InChI is InChI=1S/C28H25ClFNO4/c1-35-26-8-5-16(12-27(32)33)11-22(26)19-6-7-25(29)20-9-10-31(15-24(19)20)28(34)23-14-21(23)17-3-2-4-18(30)13-17/h2-8,11,13,21,23H,9-10,12,14-15H2,1H3,(H,32,33)/t21-,23+/m0/s1. The number of carbonyl (C=O) groups excluding carboxylic acids is 1. The maximum Gasteiger partial charge on any atom is 0.307 e. The minimum absolute atomic E-state index is 0.0474. The molecule has 5 rings (SSSR count). The minimum Gasteiger partial charge on any atom is -0.496 e. The predicted molar refractivity (Wildman–Crippen MR) is 131 cm³/mol. The second-order valence-corrected chi connectivity index (χ2v) is 9.58. The number of carboxylic acids is 1. The van der Waals surface area contributed by atoms with E-state index in [2.05, 4.69) is 0 Å². The van der Waals surface area contributed by atoms with Crippen LogP contribution in [0.5, 0.6) is 5.75 Å². The summed E-state index contributed by atoms with van der Waals surface area (Å²) in [4.78, 5) is 26.5. The number of nitrogens with zero attached hydrogens (tertiary/aromatic N) is 1. The van der Waals surface area contributed by atoms with Crippen LogP contribution in [0.2, 0.25) is 5.02 Å². The van der Waals surface area contributed by atoms with Crippen molar-refractivity contribution in [1.29, 1.82) is 0 Å². The summed E-state index contributed by atoms with van der Waals surface area (Å²) >= 11 is 6.55. The molecule has 1 aliphatic heterocycles. The Morgan fingerprint density at radius 3 is 2.69 bits per heavy atom. The lowest BCUT2D eigenvalue weighted by molar-refractivity contribution is -0.136. The van der Waals surface area contributed by atoms with Gasteiger partial charge in [0.2, 0.25) is 5.91 Å². The summed E-state index contributed by atoms with van der Waals surface area (Å²) in [6.07, 6.45) is 1.25. The van der Waals surface area contributed by atoms with Crippen molar-refractivity contribution in [3.8, 4) is 16.9 Å². The summed E-state index contributed by atoms with van der Waals surface area (Å²) in [6.45, 7) is 0.973. The van der Waals surface area contributed by atoms with E-state index in [1.54, 1.807) is 25.3 Å². The Balaban J connectivity index is 1.45. The van der Waals surface area contributed by atoms with Gasteiger partial charge in [0.25, 0.3) is 0 Å². The van der Waals surface area contributed by atoms with E-state index in [-0.39, 0.29) is 30.0 Å². The van der Waals surface area contributed by atoms with E-state index >= 15 is 0 Å². The Bertz CT molecular complexity index is 1320. The summed E-state index contributed by atoms with van der Waals surface area (Å²) in [5.41, 5.74) is 5.13. The van der Waals surface area contributed by atoms with Gasteiger partial charge >= 0.3 is 5.97 Å². The molecular weight excluding hydrogens is 469 g/mol. The predicted octanol–water partition coefficient (Wildman–Crippen LogP) is 5.47. The van der Waals surface area contributed by atoms with E-state index in [4.69, 9.17) is 16.3 Å². The topological polar surface area (TPSA) is 66.8 Å². The van der Waals surface area contributed by atoms with Gasteiger partial charge in [-0.25, -0.2) is 4.39 Å². The third-order valence-corrected chi connectivity index (χ3v) is 7.31. The Hall–Kier alpha value is -3.38. The summed E-state index contributed by atoms with van der Waals surface area (Å²) < 4.78 is 19.2. The molecule has 1 fully saturated rings. The van der Waals surface area contributed by atoms with Gasteiger partial charge < -0.3 is 14.7 Å². The first-order chi connectivity index (χ1) is 16.9. The number of hydrogen-bond acceptors (Lipinski definition) is 3. The molecule has 2 atom stereocenters. The third-order valence-electron chi connectivity index (χ3n) is 6.96. The number of amides is 1. The van der Waals surface area contributed by atoms with Crippen molar-refractivity contribution in [2.24, 2.45) is 5.92 Å². The molecule has 5 nitrogen and oxygen atoms in total. The number of aliphatic carboxylic acids is 1. The van der Waals surface area contributed by atoms with E-state index in [1.165, 1.54) is 12.1 Å². The molecule has 1 aliphatic carbocycles. The SMILES string of the molecule is COc1ccc(CC(=O)O)cc1-c1ccc(Cl)c2c1CN(C(=O)[C@@H]1C[C@H]1c1cccc(F)c1)CC2. The maximum atomic E-state index is 13.7. The summed E-state index contributed by atoms with van der Waals surface area (Å²) in [7, 11) is 1.58. The number of carboxylic acid groups (broad SMARTS) is 1. The van der Waals surface area contributed by atoms with Gasteiger partial charge in [-0.2, -0.15) is 0 Å². The molecular formula is C28H25ClFNO4. The van der Waals surface area contributed by atoms with Gasteiger partial charge in [-0.05, 0) is 76.9 Å². The van der Waals surface area contributed by atoms with Crippen LogP contribution in [-0.4, -0.2) is 35.5 Å². The highest BCUT2D eigenvalue weighted by atomic mass is 35.5. The number of halogens is 2. The molecule has 1 saturated carbocycles. The van der Waals surface area contributed by atoms with Gasteiger partial charge in [0.1, 0.15) is 11.6 Å². The molecule has 35 heavy (non-hydrogen) atoms. The zero-order valence-electron chi connectivity index (χ0n) is 19.3. The van der Waals surface area contributed by atoms with Crippen molar-refractivity contribution in [1.82, 2.24) is 4.90 Å². The van der Waals surface area contributed by atoms with E-state index in [9.17, 15) is 19.1 Å². The minimum atomic E-state index is -0.909. The quantitative estimate of drug-likeness (QED) is 0.494. The van der Waals surface area contributed by atoms with Crippen LogP contribution in [0.1, 0.15) is 34.6 Å². The molecule has 2 aliphatic rings. The number of rotatable bonds is 6. The number of ether oxygens (including phenoxy) is 1. The molecule has 3 aromatic carbocycles. The number of benzene rings is 3. The first kappa shape index (κ1) is 23.4. The molecule has 7 heteroatoms. The average molecular weight is 494 g/mol. The van der Waals surface area contributed by atoms with Crippen molar-refractivity contribution < 1.29 is 23.8 Å². The molecule has 1 heterocycles. The van der Waals surface area contributed by atoms with Crippen molar-refractivity contribution in [3.63, 3.8) is 0 Å². The third kappa shape index (κ3) is 4.63. The number of carbonyl (C=O) groups is 2. The first-order valence-corrected chi connectivity index (χ1v) is 12.0. The highest BCUT2D eigenvalue weighted by Crippen LogP contribution is 2.49. The lowest BCUT2D eigenvalue weighted by Gasteiger charge is -2.31. The van der Waals surface area contributed by atoms with E-state index in [0.29, 0.717) is 35.8 Å². The highest BCUT2D eigenvalue weighted by Gasteiger charge is 2.46. The fraction of sp³-hybridized carbons (Fsp3) is 0.286. The lowest BCUT2D eigenvalue weighted by atomic mass is 9.89. The second kappa shape index (κ2) is 9.34. The molecule has 0 saturated heterocycles. The Labute approximate surface area is 208 Å². The highest BCUT2D eigenvalue weighted by molar-refractivity contribution is 6.31. The van der Waals surface area contributed by atoms with Crippen molar-refractivity contribution in [2.45, 2.75) is 31.7 Å². The maximum absolute atomic E-state index is 13.7. The van der Waals surface area contributed by atoms with Gasteiger partial charge in [-0.15, -0.1) is 0 Å². The molecule has 3 aromatic rings. The van der Waals surface area contributed by atoms with Crippen molar-refractivity contribution >= 4 is 23.5 Å². The lowest BCUT2D eigenvalue weighted by Crippen LogP contribution is -2.37.